The van der Waals surface area contributed by atoms with Crippen LogP contribution in [0.4, 0.5) is 0 Å². The second-order valence-electron chi connectivity index (χ2n) is 5.27. The van der Waals surface area contributed by atoms with Gasteiger partial charge in [-0.1, -0.05) is 13.8 Å². The third-order valence-corrected chi connectivity index (χ3v) is 4.83. The minimum Gasteiger partial charge on any atom is -0.310 e. The lowest BCUT2D eigenvalue weighted by Gasteiger charge is -2.35. The zero-order chi connectivity index (χ0) is 12.8. The highest BCUT2D eigenvalue weighted by molar-refractivity contribution is 7.07. The molecule has 0 saturated carbocycles. The van der Waals surface area contributed by atoms with Gasteiger partial charge in [-0.15, -0.1) is 11.3 Å². The number of thiazole rings is 1. The summed E-state index contributed by atoms with van der Waals surface area (Å²) in [4.78, 5) is 6.99. The Morgan fingerprint density at radius 2 is 2.28 bits per heavy atom. The summed E-state index contributed by atoms with van der Waals surface area (Å²) in [6.45, 7) is 9.33. The number of hydrogen-bond acceptors (Lipinski definition) is 4. The minimum atomic E-state index is 0.332. The molecule has 102 valence electrons. The lowest BCUT2D eigenvalue weighted by molar-refractivity contribution is 0.198. The Balaban J connectivity index is 1.90. The van der Waals surface area contributed by atoms with Crippen molar-refractivity contribution in [2.75, 3.05) is 26.2 Å². The number of rotatable bonds is 5. The smallest absolute Gasteiger partial charge is 0.0794 e. The summed E-state index contributed by atoms with van der Waals surface area (Å²) < 4.78 is 0. The van der Waals surface area contributed by atoms with Crippen molar-refractivity contribution in [2.24, 2.45) is 0 Å². The molecule has 3 nitrogen and oxygen atoms in total. The molecule has 0 atom stereocenters. The molecule has 1 aromatic rings. The van der Waals surface area contributed by atoms with Crippen molar-refractivity contribution in [3.05, 3.63) is 16.6 Å². The summed E-state index contributed by atoms with van der Waals surface area (Å²) in [6, 6.07) is 0. The number of nitrogens with one attached hydrogen (secondary N) is 1. The largest absolute Gasteiger partial charge is 0.310 e. The summed E-state index contributed by atoms with van der Waals surface area (Å²) in [5.41, 5.74) is 3.51. The zero-order valence-corrected chi connectivity index (χ0v) is 12.4. The third kappa shape index (κ3) is 3.53. The second kappa shape index (κ2) is 6.64. The van der Waals surface area contributed by atoms with Crippen molar-refractivity contribution >= 4 is 11.3 Å². The standard InChI is InChI=1S/C14H25N3S/c1-3-14(4-2)11-17(8-5-7-16-14)9-6-13-10-18-12-15-13/h10,12,16H,3-9,11H2,1-2H3. The minimum absolute atomic E-state index is 0.332. The normalized spacial score (nSPS) is 20.8. The highest BCUT2D eigenvalue weighted by Crippen LogP contribution is 2.20. The van der Waals surface area contributed by atoms with Crippen molar-refractivity contribution in [3.8, 4) is 0 Å². The van der Waals surface area contributed by atoms with Gasteiger partial charge in [-0.25, -0.2) is 4.98 Å². The van der Waals surface area contributed by atoms with Crippen molar-refractivity contribution in [2.45, 2.75) is 45.1 Å². The molecule has 1 aliphatic rings. The number of nitrogens with zero attached hydrogens (tertiary/aromatic N) is 2. The van der Waals surface area contributed by atoms with E-state index in [1.54, 1.807) is 11.3 Å². The van der Waals surface area contributed by atoms with Gasteiger partial charge in [-0.3, -0.25) is 0 Å². The van der Waals surface area contributed by atoms with Gasteiger partial charge in [-0.05, 0) is 32.4 Å². The van der Waals surface area contributed by atoms with Crippen LogP contribution < -0.4 is 5.32 Å². The Morgan fingerprint density at radius 3 is 2.94 bits per heavy atom. The van der Waals surface area contributed by atoms with Crippen LogP contribution in [0.5, 0.6) is 0 Å². The highest BCUT2D eigenvalue weighted by atomic mass is 32.1. The predicted molar refractivity (Wildman–Crippen MR) is 78.2 cm³/mol. The van der Waals surface area contributed by atoms with Crippen molar-refractivity contribution in [3.63, 3.8) is 0 Å². The number of aromatic nitrogens is 1. The molecule has 0 radical (unpaired) electrons. The van der Waals surface area contributed by atoms with E-state index in [1.165, 1.54) is 38.0 Å². The Bertz CT molecular complexity index is 333. The van der Waals surface area contributed by atoms with E-state index in [1.807, 2.05) is 5.51 Å². The summed E-state index contributed by atoms with van der Waals surface area (Å²) in [5.74, 6) is 0. The molecule has 0 bridgehead atoms. The molecule has 2 rings (SSSR count). The van der Waals surface area contributed by atoms with Gasteiger partial charge in [0.2, 0.25) is 0 Å². The van der Waals surface area contributed by atoms with Crippen molar-refractivity contribution in [1.29, 1.82) is 0 Å². The first-order valence-electron chi connectivity index (χ1n) is 7.12. The van der Waals surface area contributed by atoms with Crippen LogP contribution >= 0.6 is 11.3 Å². The van der Waals surface area contributed by atoms with E-state index in [0.29, 0.717) is 5.54 Å². The molecule has 4 heteroatoms. The van der Waals surface area contributed by atoms with E-state index >= 15 is 0 Å². The van der Waals surface area contributed by atoms with Gasteiger partial charge in [0.1, 0.15) is 0 Å². The molecule has 1 fully saturated rings. The SMILES string of the molecule is CCC1(CC)CN(CCc2cscn2)CCCN1. The molecule has 1 aromatic heterocycles. The van der Waals surface area contributed by atoms with Crippen molar-refractivity contribution in [1.82, 2.24) is 15.2 Å². The molecule has 0 amide bonds. The molecule has 0 aromatic carbocycles. The van der Waals surface area contributed by atoms with Crippen LogP contribution in [0, 0.1) is 0 Å². The van der Waals surface area contributed by atoms with Gasteiger partial charge in [0.15, 0.2) is 0 Å². The van der Waals surface area contributed by atoms with Crippen LogP contribution in [0.3, 0.4) is 0 Å². The van der Waals surface area contributed by atoms with Crippen LogP contribution in [0.2, 0.25) is 0 Å². The highest BCUT2D eigenvalue weighted by Gasteiger charge is 2.29. The summed E-state index contributed by atoms with van der Waals surface area (Å²) in [7, 11) is 0. The Morgan fingerprint density at radius 1 is 1.44 bits per heavy atom. The maximum atomic E-state index is 4.38. The van der Waals surface area contributed by atoms with Crippen LogP contribution in [-0.2, 0) is 6.42 Å². The Hall–Kier alpha value is -0.450. The average molecular weight is 267 g/mol. The van der Waals surface area contributed by atoms with Crippen LogP contribution in [0.1, 0.15) is 38.8 Å². The van der Waals surface area contributed by atoms with Crippen LogP contribution in [-0.4, -0.2) is 41.6 Å². The fourth-order valence-electron chi connectivity index (χ4n) is 2.77. The molecule has 0 spiro atoms. The van der Waals surface area contributed by atoms with E-state index in [-0.39, 0.29) is 0 Å². The van der Waals surface area contributed by atoms with Gasteiger partial charge in [0.25, 0.3) is 0 Å². The summed E-state index contributed by atoms with van der Waals surface area (Å²) in [5, 5.41) is 5.93. The molecule has 2 heterocycles. The number of hydrogen-bond donors (Lipinski definition) is 1. The average Bonchev–Trinajstić information content (AvgIpc) is 2.83. The van der Waals surface area contributed by atoms with E-state index in [9.17, 15) is 0 Å². The quantitative estimate of drug-likeness (QED) is 0.888. The van der Waals surface area contributed by atoms with Crippen LogP contribution in [0.25, 0.3) is 0 Å². The van der Waals surface area contributed by atoms with Gasteiger partial charge in [-0.2, -0.15) is 0 Å². The maximum absolute atomic E-state index is 4.38. The fraction of sp³-hybridized carbons (Fsp3) is 0.786. The van der Waals surface area contributed by atoms with Crippen LogP contribution in [0.15, 0.2) is 10.9 Å². The summed E-state index contributed by atoms with van der Waals surface area (Å²) in [6.07, 6.45) is 4.79. The molecule has 1 N–H and O–H groups in total. The monoisotopic (exact) mass is 267 g/mol. The first-order chi connectivity index (χ1) is 8.78. The van der Waals surface area contributed by atoms with Crippen molar-refractivity contribution < 1.29 is 0 Å². The molecule has 0 aliphatic carbocycles. The molecule has 0 unspecified atom stereocenters. The van der Waals surface area contributed by atoms with E-state index < -0.39 is 0 Å². The van der Waals surface area contributed by atoms with Gasteiger partial charge < -0.3 is 10.2 Å². The van der Waals surface area contributed by atoms with E-state index in [2.05, 4.69) is 34.4 Å². The maximum Gasteiger partial charge on any atom is 0.0794 e. The summed E-state index contributed by atoms with van der Waals surface area (Å²) >= 11 is 1.70. The Labute approximate surface area is 115 Å². The van der Waals surface area contributed by atoms with Gasteiger partial charge in [0.05, 0.1) is 11.2 Å². The Kier molecular flexibility index (Phi) is 5.15. The lowest BCUT2D eigenvalue weighted by Crippen LogP contribution is -2.50. The molecule has 18 heavy (non-hydrogen) atoms. The molecule has 1 saturated heterocycles. The molecular weight excluding hydrogens is 242 g/mol. The first-order valence-corrected chi connectivity index (χ1v) is 8.07. The fourth-order valence-corrected chi connectivity index (χ4v) is 3.36. The van der Waals surface area contributed by atoms with Gasteiger partial charge >= 0.3 is 0 Å². The topological polar surface area (TPSA) is 28.2 Å². The third-order valence-electron chi connectivity index (χ3n) is 4.20. The second-order valence-corrected chi connectivity index (χ2v) is 5.99. The molecule has 1 aliphatic heterocycles. The zero-order valence-electron chi connectivity index (χ0n) is 11.6. The predicted octanol–water partition coefficient (Wildman–Crippen LogP) is 2.54. The van der Waals surface area contributed by atoms with E-state index in [0.717, 1.165) is 19.5 Å². The van der Waals surface area contributed by atoms with E-state index in [4.69, 9.17) is 0 Å². The van der Waals surface area contributed by atoms with Gasteiger partial charge in [0, 0.05) is 30.4 Å². The molecular formula is C14H25N3S. The lowest BCUT2D eigenvalue weighted by atomic mass is 9.92. The first kappa shape index (κ1) is 14.0.